The van der Waals surface area contributed by atoms with Crippen LogP contribution in [-0.2, 0) is 6.42 Å². The van der Waals surface area contributed by atoms with Gasteiger partial charge in [0.1, 0.15) is 0 Å². The minimum atomic E-state index is 0.212. The van der Waals surface area contributed by atoms with Crippen molar-refractivity contribution in [2.45, 2.75) is 19.8 Å². The summed E-state index contributed by atoms with van der Waals surface area (Å²) in [5, 5.41) is 0. The van der Waals surface area contributed by atoms with E-state index < -0.39 is 0 Å². The van der Waals surface area contributed by atoms with Crippen LogP contribution in [0.5, 0.6) is 0 Å². The molecule has 82 valence electrons. The quantitative estimate of drug-likeness (QED) is 0.756. The van der Waals surface area contributed by atoms with E-state index in [-0.39, 0.29) is 5.78 Å². The van der Waals surface area contributed by atoms with Crippen molar-refractivity contribution in [3.8, 4) is 0 Å². The van der Waals surface area contributed by atoms with Crippen LogP contribution >= 0.6 is 11.3 Å². The molecule has 0 saturated heterocycles. The van der Waals surface area contributed by atoms with Gasteiger partial charge >= 0.3 is 0 Å². The fourth-order valence-electron chi connectivity index (χ4n) is 1.50. The molecule has 2 aromatic rings. The van der Waals surface area contributed by atoms with Gasteiger partial charge in [-0.05, 0) is 37.6 Å². The van der Waals surface area contributed by atoms with Crippen molar-refractivity contribution in [1.82, 2.24) is 4.98 Å². The molecule has 0 bridgehead atoms. The molecule has 0 aliphatic carbocycles. The maximum absolute atomic E-state index is 11.8. The van der Waals surface area contributed by atoms with Crippen LogP contribution in [0.1, 0.15) is 26.7 Å². The number of carbonyl (C=O) groups excluding carboxylic acids is 1. The summed E-state index contributed by atoms with van der Waals surface area (Å²) in [6.07, 6.45) is 3.02. The Hall–Kier alpha value is -1.48. The minimum absolute atomic E-state index is 0.212. The average molecular weight is 231 g/mol. The van der Waals surface area contributed by atoms with Crippen LogP contribution in [-0.4, -0.2) is 10.8 Å². The van der Waals surface area contributed by atoms with Gasteiger partial charge in [-0.2, -0.15) is 0 Å². The Labute approximate surface area is 99.0 Å². The number of rotatable bonds is 4. The predicted molar refractivity (Wildman–Crippen MR) is 65.9 cm³/mol. The zero-order valence-corrected chi connectivity index (χ0v) is 9.96. The summed E-state index contributed by atoms with van der Waals surface area (Å²) in [4.78, 5) is 18.1. The number of Topliss-reactive ketones (excluding diaryl/α,β-unsaturated/α-hetero) is 1. The van der Waals surface area contributed by atoms with Crippen molar-refractivity contribution in [2.75, 3.05) is 0 Å². The molecule has 0 spiro atoms. The molecule has 2 rings (SSSR count). The van der Waals surface area contributed by atoms with Gasteiger partial charge in [0.15, 0.2) is 5.78 Å². The third kappa shape index (κ3) is 2.76. The number of aromatic nitrogens is 1. The Morgan fingerprint density at radius 3 is 2.81 bits per heavy atom. The van der Waals surface area contributed by atoms with Gasteiger partial charge in [-0.15, -0.1) is 11.3 Å². The van der Waals surface area contributed by atoms with Gasteiger partial charge in [-0.25, -0.2) is 0 Å². The lowest BCUT2D eigenvalue weighted by atomic mass is 10.1. The van der Waals surface area contributed by atoms with E-state index in [1.54, 1.807) is 17.5 Å². The van der Waals surface area contributed by atoms with Crippen molar-refractivity contribution in [3.05, 3.63) is 52.0 Å². The van der Waals surface area contributed by atoms with Crippen molar-refractivity contribution in [1.29, 1.82) is 0 Å². The second-order valence-corrected chi connectivity index (χ2v) is 4.94. The molecule has 0 aliphatic rings. The molecule has 0 radical (unpaired) electrons. The lowest BCUT2D eigenvalue weighted by Crippen LogP contribution is -1.99. The Morgan fingerprint density at radius 2 is 2.19 bits per heavy atom. The van der Waals surface area contributed by atoms with Crippen molar-refractivity contribution in [3.63, 3.8) is 0 Å². The van der Waals surface area contributed by atoms with E-state index in [0.29, 0.717) is 6.42 Å². The van der Waals surface area contributed by atoms with Gasteiger partial charge in [0.25, 0.3) is 0 Å². The van der Waals surface area contributed by atoms with E-state index in [1.807, 2.05) is 37.3 Å². The van der Waals surface area contributed by atoms with Crippen molar-refractivity contribution in [2.24, 2.45) is 0 Å². The van der Waals surface area contributed by atoms with Crippen LogP contribution in [0, 0.1) is 6.92 Å². The maximum atomic E-state index is 11.8. The first kappa shape index (κ1) is 11.0. The average Bonchev–Trinajstić information content (AvgIpc) is 2.74. The number of nitrogens with zero attached hydrogens (tertiary/aromatic N) is 1. The molecule has 0 aromatic carbocycles. The third-order valence-electron chi connectivity index (χ3n) is 2.35. The summed E-state index contributed by atoms with van der Waals surface area (Å²) >= 11 is 1.56. The first-order chi connectivity index (χ1) is 7.75. The van der Waals surface area contributed by atoms with Crippen LogP contribution < -0.4 is 0 Å². The highest BCUT2D eigenvalue weighted by Crippen LogP contribution is 2.17. The second kappa shape index (κ2) is 5.03. The van der Waals surface area contributed by atoms with E-state index >= 15 is 0 Å². The maximum Gasteiger partial charge on any atom is 0.173 e. The molecule has 0 atom stereocenters. The summed E-state index contributed by atoms with van der Waals surface area (Å²) in [6, 6.07) is 9.67. The summed E-state index contributed by atoms with van der Waals surface area (Å²) in [5.41, 5.74) is 0.976. The first-order valence-electron chi connectivity index (χ1n) is 5.25. The van der Waals surface area contributed by atoms with Crippen molar-refractivity contribution < 1.29 is 4.79 Å². The lowest BCUT2D eigenvalue weighted by molar-refractivity contribution is 0.0986. The SMILES string of the molecule is Cc1ccc(C(=O)CCc2ccccn2)s1. The van der Waals surface area contributed by atoms with E-state index in [9.17, 15) is 4.79 Å². The molecule has 0 amide bonds. The molecule has 0 N–H and O–H groups in total. The Bertz CT molecular complexity index is 476. The fraction of sp³-hybridized carbons (Fsp3) is 0.231. The van der Waals surface area contributed by atoms with E-state index in [1.165, 1.54) is 4.88 Å². The van der Waals surface area contributed by atoms with Gasteiger partial charge in [-0.3, -0.25) is 9.78 Å². The number of thiophene rings is 1. The summed E-state index contributed by atoms with van der Waals surface area (Å²) in [5.74, 6) is 0.212. The third-order valence-corrected chi connectivity index (χ3v) is 3.39. The monoisotopic (exact) mass is 231 g/mol. The van der Waals surface area contributed by atoms with E-state index in [0.717, 1.165) is 17.0 Å². The summed E-state index contributed by atoms with van der Waals surface area (Å²) in [7, 11) is 0. The fourth-order valence-corrected chi connectivity index (χ4v) is 2.33. The van der Waals surface area contributed by atoms with Crippen LogP contribution in [0.4, 0.5) is 0 Å². The standard InChI is InChI=1S/C13H13NOS/c1-10-5-8-13(16-10)12(15)7-6-11-4-2-3-9-14-11/h2-5,8-9H,6-7H2,1H3. The van der Waals surface area contributed by atoms with Crippen LogP contribution in [0.15, 0.2) is 36.5 Å². The lowest BCUT2D eigenvalue weighted by Gasteiger charge is -1.98. The molecule has 2 heterocycles. The molecule has 16 heavy (non-hydrogen) atoms. The number of aryl methyl sites for hydroxylation is 2. The number of ketones is 1. The molecular formula is C13H13NOS. The van der Waals surface area contributed by atoms with Crippen molar-refractivity contribution >= 4 is 17.1 Å². The minimum Gasteiger partial charge on any atom is -0.293 e. The Morgan fingerprint density at radius 1 is 1.31 bits per heavy atom. The molecule has 2 aromatic heterocycles. The molecule has 3 heteroatoms. The number of carbonyl (C=O) groups is 1. The van der Waals surface area contributed by atoms with Gasteiger partial charge in [0, 0.05) is 23.2 Å². The predicted octanol–water partition coefficient (Wildman–Crippen LogP) is 3.27. The van der Waals surface area contributed by atoms with Gasteiger partial charge in [-0.1, -0.05) is 6.07 Å². The summed E-state index contributed by atoms with van der Waals surface area (Å²) in [6.45, 7) is 2.01. The number of hydrogen-bond acceptors (Lipinski definition) is 3. The topological polar surface area (TPSA) is 30.0 Å². The largest absolute Gasteiger partial charge is 0.293 e. The number of pyridine rings is 1. The molecule has 2 nitrogen and oxygen atoms in total. The zero-order chi connectivity index (χ0) is 11.4. The highest BCUT2D eigenvalue weighted by atomic mass is 32.1. The second-order valence-electron chi connectivity index (χ2n) is 3.65. The van der Waals surface area contributed by atoms with E-state index in [2.05, 4.69) is 4.98 Å². The highest BCUT2D eigenvalue weighted by molar-refractivity contribution is 7.14. The molecular weight excluding hydrogens is 218 g/mol. The molecule has 0 fully saturated rings. The molecule has 0 aliphatic heterocycles. The van der Waals surface area contributed by atoms with Crippen LogP contribution in [0.3, 0.4) is 0 Å². The van der Waals surface area contributed by atoms with E-state index in [4.69, 9.17) is 0 Å². The van der Waals surface area contributed by atoms with Gasteiger partial charge in [0.05, 0.1) is 4.88 Å². The normalized spacial score (nSPS) is 10.3. The first-order valence-corrected chi connectivity index (χ1v) is 6.07. The van der Waals surface area contributed by atoms with Gasteiger partial charge in [0.2, 0.25) is 0 Å². The van der Waals surface area contributed by atoms with Crippen LogP contribution in [0.25, 0.3) is 0 Å². The Kier molecular flexibility index (Phi) is 3.47. The smallest absolute Gasteiger partial charge is 0.173 e. The van der Waals surface area contributed by atoms with Gasteiger partial charge < -0.3 is 0 Å². The highest BCUT2D eigenvalue weighted by Gasteiger charge is 2.08. The summed E-state index contributed by atoms with van der Waals surface area (Å²) < 4.78 is 0. The van der Waals surface area contributed by atoms with Crippen LogP contribution in [0.2, 0.25) is 0 Å². The number of hydrogen-bond donors (Lipinski definition) is 0. The molecule has 0 unspecified atom stereocenters. The molecule has 0 saturated carbocycles. The zero-order valence-electron chi connectivity index (χ0n) is 9.14. The Balaban J connectivity index is 1.94.